The van der Waals surface area contributed by atoms with Gasteiger partial charge in [-0.15, -0.1) is 0 Å². The maximum atomic E-state index is 11.9. The number of anilines is 1. The zero-order valence-electron chi connectivity index (χ0n) is 13.4. The van der Waals surface area contributed by atoms with Crippen LogP contribution in [-0.4, -0.2) is 50.0 Å². The summed E-state index contributed by atoms with van der Waals surface area (Å²) in [5, 5.41) is 2.66. The predicted octanol–water partition coefficient (Wildman–Crippen LogP) is 1.21. The Labute approximate surface area is 134 Å². The van der Waals surface area contributed by atoms with Crippen molar-refractivity contribution in [2.75, 3.05) is 32.6 Å². The van der Waals surface area contributed by atoms with Gasteiger partial charge in [-0.3, -0.25) is 9.59 Å². The Bertz CT molecular complexity index is 598. The van der Waals surface area contributed by atoms with E-state index in [9.17, 15) is 14.4 Å². The van der Waals surface area contributed by atoms with Crippen molar-refractivity contribution in [3.8, 4) is 5.75 Å². The monoisotopic (exact) mass is 320 g/mol. The molecule has 0 spiro atoms. The van der Waals surface area contributed by atoms with Gasteiger partial charge < -0.3 is 19.7 Å². The highest BCUT2D eigenvalue weighted by Crippen LogP contribution is 2.16. The van der Waals surface area contributed by atoms with Gasteiger partial charge >= 0.3 is 5.97 Å². The first-order valence-electron chi connectivity index (χ1n) is 6.93. The normalized spacial score (nSPS) is 10.2. The number of amides is 2. The van der Waals surface area contributed by atoms with Crippen LogP contribution in [0.4, 0.5) is 5.69 Å². The van der Waals surface area contributed by atoms with Gasteiger partial charge in [0.25, 0.3) is 5.91 Å². The van der Waals surface area contributed by atoms with Crippen LogP contribution in [0.2, 0.25) is 0 Å². The molecular weight excluding hydrogens is 300 g/mol. The Hall–Kier alpha value is -2.83. The molecule has 7 nitrogen and oxygen atoms in total. The van der Waals surface area contributed by atoms with E-state index < -0.39 is 18.5 Å². The van der Waals surface area contributed by atoms with E-state index in [1.54, 1.807) is 31.2 Å². The first-order valence-corrected chi connectivity index (χ1v) is 6.93. The summed E-state index contributed by atoms with van der Waals surface area (Å²) in [6, 6.07) is 6.87. The van der Waals surface area contributed by atoms with Crippen molar-refractivity contribution in [3.05, 3.63) is 36.4 Å². The number of nitrogens with one attached hydrogen (secondary N) is 1. The van der Waals surface area contributed by atoms with Crippen LogP contribution in [0.15, 0.2) is 36.4 Å². The van der Waals surface area contributed by atoms with E-state index in [2.05, 4.69) is 5.32 Å². The number of allylic oxidation sites excluding steroid dienone is 1. The molecule has 0 fully saturated rings. The van der Waals surface area contributed by atoms with Crippen molar-refractivity contribution in [2.24, 2.45) is 0 Å². The number of hydrogen-bond donors (Lipinski definition) is 1. The fraction of sp³-hybridized carbons (Fsp3) is 0.312. The molecule has 0 heterocycles. The fourth-order valence-corrected chi connectivity index (χ4v) is 1.63. The third kappa shape index (κ3) is 6.64. The van der Waals surface area contributed by atoms with Gasteiger partial charge in [0.15, 0.2) is 6.61 Å². The van der Waals surface area contributed by atoms with Gasteiger partial charge in [-0.05, 0) is 19.1 Å². The first-order chi connectivity index (χ1) is 11.0. The lowest BCUT2D eigenvalue weighted by Gasteiger charge is -2.16. The van der Waals surface area contributed by atoms with Gasteiger partial charge in [0.05, 0.1) is 13.7 Å². The van der Waals surface area contributed by atoms with Crippen molar-refractivity contribution in [1.29, 1.82) is 0 Å². The van der Waals surface area contributed by atoms with E-state index in [4.69, 9.17) is 9.47 Å². The number of benzene rings is 1. The van der Waals surface area contributed by atoms with E-state index in [1.165, 1.54) is 31.2 Å². The summed E-state index contributed by atoms with van der Waals surface area (Å²) in [5.74, 6) is -0.823. The molecule has 0 aliphatic heterocycles. The number of esters is 1. The summed E-state index contributed by atoms with van der Waals surface area (Å²) in [6.07, 6.45) is 2.72. The highest BCUT2D eigenvalue weighted by molar-refractivity contribution is 5.95. The van der Waals surface area contributed by atoms with Crippen LogP contribution in [0.25, 0.3) is 0 Å². The van der Waals surface area contributed by atoms with Gasteiger partial charge in [-0.25, -0.2) is 4.79 Å². The number of nitrogens with zero attached hydrogens (tertiary/aromatic N) is 1. The van der Waals surface area contributed by atoms with E-state index in [0.29, 0.717) is 11.4 Å². The lowest BCUT2D eigenvalue weighted by molar-refractivity contribution is -0.148. The molecule has 0 atom stereocenters. The molecule has 124 valence electrons. The maximum absolute atomic E-state index is 11.9. The lowest BCUT2D eigenvalue weighted by atomic mass is 10.3. The third-order valence-electron chi connectivity index (χ3n) is 2.80. The summed E-state index contributed by atoms with van der Waals surface area (Å²) in [5.41, 5.74) is 0.565. The Morgan fingerprint density at radius 2 is 2.04 bits per heavy atom. The highest BCUT2D eigenvalue weighted by atomic mass is 16.5. The van der Waals surface area contributed by atoms with Crippen molar-refractivity contribution < 1.29 is 23.9 Å². The molecule has 0 unspecified atom stereocenters. The second kappa shape index (κ2) is 9.24. The fourth-order valence-electron chi connectivity index (χ4n) is 1.63. The molecule has 0 saturated carbocycles. The van der Waals surface area contributed by atoms with E-state index >= 15 is 0 Å². The minimum absolute atomic E-state index is 0.156. The first kappa shape index (κ1) is 18.2. The van der Waals surface area contributed by atoms with Gasteiger partial charge in [-0.1, -0.05) is 12.1 Å². The largest absolute Gasteiger partial charge is 0.497 e. The highest BCUT2D eigenvalue weighted by Gasteiger charge is 2.14. The minimum atomic E-state index is -0.602. The molecule has 1 aromatic carbocycles. The molecule has 1 N–H and O–H groups in total. The van der Waals surface area contributed by atoms with Gasteiger partial charge in [0.1, 0.15) is 5.75 Å². The minimum Gasteiger partial charge on any atom is -0.497 e. The maximum Gasteiger partial charge on any atom is 0.330 e. The number of hydrogen-bond acceptors (Lipinski definition) is 5. The van der Waals surface area contributed by atoms with E-state index in [0.717, 1.165) is 0 Å². The molecule has 0 aliphatic carbocycles. The predicted molar refractivity (Wildman–Crippen MR) is 85.0 cm³/mol. The van der Waals surface area contributed by atoms with Crippen LogP contribution < -0.4 is 10.1 Å². The summed E-state index contributed by atoms with van der Waals surface area (Å²) >= 11 is 0. The smallest absolute Gasteiger partial charge is 0.330 e. The van der Waals surface area contributed by atoms with E-state index in [1.807, 2.05) is 0 Å². The van der Waals surface area contributed by atoms with Crippen LogP contribution in [0.1, 0.15) is 6.92 Å². The second-order valence-electron chi connectivity index (χ2n) is 4.64. The van der Waals surface area contributed by atoms with Crippen molar-refractivity contribution >= 4 is 23.5 Å². The average Bonchev–Trinajstić information content (AvgIpc) is 2.52. The third-order valence-corrected chi connectivity index (χ3v) is 2.80. The molecule has 0 bridgehead atoms. The summed E-state index contributed by atoms with van der Waals surface area (Å²) in [6.45, 7) is 1.10. The summed E-state index contributed by atoms with van der Waals surface area (Å²) in [4.78, 5) is 36.0. The molecular formula is C16H20N2O5. The Morgan fingerprint density at radius 3 is 2.70 bits per heavy atom. The summed E-state index contributed by atoms with van der Waals surface area (Å²) < 4.78 is 9.79. The molecule has 0 aromatic heterocycles. The number of carbonyl (C=O) groups excluding carboxylic acids is 3. The number of methoxy groups -OCH3 is 1. The summed E-state index contributed by atoms with van der Waals surface area (Å²) in [7, 11) is 2.99. The zero-order valence-corrected chi connectivity index (χ0v) is 13.4. The molecule has 1 aromatic rings. The van der Waals surface area contributed by atoms with Crippen molar-refractivity contribution in [3.63, 3.8) is 0 Å². The standard InChI is InChI=1S/C16H20N2O5/c1-4-6-16(21)23-11-15(20)18(2)10-14(19)17-12-7-5-8-13(9-12)22-3/h4-9H,10-11H2,1-3H3,(H,17,19)/b6-4+. The molecule has 0 aliphatic rings. The van der Waals surface area contributed by atoms with Gasteiger partial charge in [0, 0.05) is 24.9 Å². The molecule has 7 heteroatoms. The van der Waals surface area contributed by atoms with Crippen LogP contribution in [-0.2, 0) is 19.1 Å². The topological polar surface area (TPSA) is 84.9 Å². The SMILES string of the molecule is C/C=C/C(=O)OCC(=O)N(C)CC(=O)Nc1cccc(OC)c1. The van der Waals surface area contributed by atoms with Crippen molar-refractivity contribution in [1.82, 2.24) is 4.90 Å². The number of ether oxygens (including phenoxy) is 2. The van der Waals surface area contributed by atoms with E-state index in [-0.39, 0.29) is 12.5 Å². The van der Waals surface area contributed by atoms with Crippen LogP contribution in [0.5, 0.6) is 5.75 Å². The molecule has 1 rings (SSSR count). The zero-order chi connectivity index (χ0) is 17.2. The van der Waals surface area contributed by atoms with Gasteiger partial charge in [-0.2, -0.15) is 0 Å². The number of rotatable bonds is 7. The molecule has 0 saturated heterocycles. The number of likely N-dealkylation sites (N-methyl/N-ethyl adjacent to an activating group) is 1. The average molecular weight is 320 g/mol. The Morgan fingerprint density at radius 1 is 1.30 bits per heavy atom. The molecule has 0 radical (unpaired) electrons. The Kier molecular flexibility index (Phi) is 7.32. The molecule has 2 amide bonds. The quantitative estimate of drug-likeness (QED) is 0.603. The van der Waals surface area contributed by atoms with Gasteiger partial charge in [0.2, 0.25) is 5.91 Å². The van der Waals surface area contributed by atoms with Crippen LogP contribution in [0, 0.1) is 0 Å². The van der Waals surface area contributed by atoms with Crippen LogP contribution >= 0.6 is 0 Å². The van der Waals surface area contributed by atoms with Crippen molar-refractivity contribution in [2.45, 2.75) is 6.92 Å². The lowest BCUT2D eigenvalue weighted by Crippen LogP contribution is -2.37. The second-order valence-corrected chi connectivity index (χ2v) is 4.64. The Balaban J connectivity index is 2.46. The number of carbonyl (C=O) groups is 3. The molecule has 23 heavy (non-hydrogen) atoms. The van der Waals surface area contributed by atoms with Crippen LogP contribution in [0.3, 0.4) is 0 Å².